The van der Waals surface area contributed by atoms with Crippen molar-refractivity contribution < 1.29 is 9.90 Å². The van der Waals surface area contributed by atoms with E-state index in [9.17, 15) is 9.90 Å². The number of aliphatic hydroxyl groups is 1. The van der Waals surface area contributed by atoms with Crippen molar-refractivity contribution in [2.24, 2.45) is 0 Å². The normalized spacial score (nSPS) is 27.4. The number of piperidine rings is 1. The van der Waals surface area contributed by atoms with Gasteiger partial charge in [0.15, 0.2) is 0 Å². The molecule has 104 valence electrons. The molecule has 0 bridgehead atoms. The van der Waals surface area contributed by atoms with Crippen molar-refractivity contribution in [3.05, 3.63) is 0 Å². The first kappa shape index (κ1) is 13.8. The first-order valence-corrected chi connectivity index (χ1v) is 7.36. The Morgan fingerprint density at radius 1 is 1.22 bits per heavy atom. The summed E-state index contributed by atoms with van der Waals surface area (Å²) in [6.07, 6.45) is 6.38. The molecule has 0 radical (unpaired) electrons. The van der Waals surface area contributed by atoms with E-state index in [1.807, 2.05) is 11.8 Å². The van der Waals surface area contributed by atoms with Crippen molar-refractivity contribution in [1.82, 2.24) is 9.80 Å². The molecule has 2 heterocycles. The van der Waals surface area contributed by atoms with Crippen molar-refractivity contribution in [3.8, 4) is 0 Å². The molecule has 18 heavy (non-hydrogen) atoms. The van der Waals surface area contributed by atoms with Gasteiger partial charge in [0.05, 0.1) is 12.6 Å². The Labute approximate surface area is 110 Å². The monoisotopic (exact) mass is 254 g/mol. The molecular formula is C14H26N2O2. The Bertz CT molecular complexity index is 275. The third kappa shape index (κ3) is 3.69. The largest absolute Gasteiger partial charge is 0.393 e. The van der Waals surface area contributed by atoms with E-state index in [0.717, 1.165) is 45.3 Å². The lowest BCUT2D eigenvalue weighted by Crippen LogP contribution is -2.47. The fourth-order valence-corrected chi connectivity index (χ4v) is 3.17. The van der Waals surface area contributed by atoms with E-state index < -0.39 is 0 Å². The van der Waals surface area contributed by atoms with Crippen LogP contribution in [0.5, 0.6) is 0 Å². The molecule has 1 amide bonds. The summed E-state index contributed by atoms with van der Waals surface area (Å²) in [5, 5.41) is 9.55. The molecule has 2 aliphatic heterocycles. The van der Waals surface area contributed by atoms with Gasteiger partial charge in [0.1, 0.15) is 0 Å². The molecule has 2 atom stereocenters. The summed E-state index contributed by atoms with van der Waals surface area (Å²) >= 11 is 0. The molecule has 2 saturated heterocycles. The molecule has 4 heteroatoms. The van der Waals surface area contributed by atoms with Crippen LogP contribution in [0, 0.1) is 0 Å². The Morgan fingerprint density at radius 3 is 2.56 bits per heavy atom. The van der Waals surface area contributed by atoms with Crippen LogP contribution < -0.4 is 0 Å². The average molecular weight is 254 g/mol. The van der Waals surface area contributed by atoms with E-state index in [1.165, 1.54) is 12.8 Å². The van der Waals surface area contributed by atoms with Crippen LogP contribution in [0.1, 0.15) is 45.4 Å². The summed E-state index contributed by atoms with van der Waals surface area (Å²) < 4.78 is 0. The Hall–Kier alpha value is -0.610. The third-order valence-electron chi connectivity index (χ3n) is 4.16. The molecule has 0 aromatic carbocycles. The van der Waals surface area contributed by atoms with E-state index in [2.05, 4.69) is 4.90 Å². The summed E-state index contributed by atoms with van der Waals surface area (Å²) in [6, 6.07) is 0.394. The molecule has 2 unspecified atom stereocenters. The molecule has 0 aliphatic carbocycles. The Kier molecular flexibility index (Phi) is 5.01. The second kappa shape index (κ2) is 6.53. The maximum Gasteiger partial charge on any atom is 0.236 e. The van der Waals surface area contributed by atoms with Crippen LogP contribution in [0.4, 0.5) is 0 Å². The van der Waals surface area contributed by atoms with Gasteiger partial charge in [-0.05, 0) is 45.6 Å². The minimum Gasteiger partial charge on any atom is -0.393 e. The highest BCUT2D eigenvalue weighted by molar-refractivity contribution is 5.78. The summed E-state index contributed by atoms with van der Waals surface area (Å²) in [7, 11) is 0. The summed E-state index contributed by atoms with van der Waals surface area (Å²) in [5.41, 5.74) is 0. The van der Waals surface area contributed by atoms with Gasteiger partial charge in [-0.2, -0.15) is 0 Å². The predicted octanol–water partition coefficient (Wildman–Crippen LogP) is 1.23. The first-order chi connectivity index (χ1) is 8.66. The van der Waals surface area contributed by atoms with Crippen LogP contribution in [0.25, 0.3) is 0 Å². The molecule has 0 aromatic rings. The van der Waals surface area contributed by atoms with Crippen molar-refractivity contribution >= 4 is 5.91 Å². The van der Waals surface area contributed by atoms with E-state index in [-0.39, 0.29) is 12.0 Å². The van der Waals surface area contributed by atoms with Crippen LogP contribution in [-0.2, 0) is 4.79 Å². The van der Waals surface area contributed by atoms with Crippen molar-refractivity contribution in [1.29, 1.82) is 0 Å². The quantitative estimate of drug-likeness (QED) is 0.821. The standard InChI is InChI=1S/C14H26N2O2/c1-12(17)10-13-6-2-3-9-16(13)11-14(18)15-7-4-5-8-15/h12-13,17H,2-11H2,1H3. The molecular weight excluding hydrogens is 228 g/mol. The maximum absolute atomic E-state index is 12.2. The van der Waals surface area contributed by atoms with Gasteiger partial charge < -0.3 is 10.0 Å². The molecule has 2 rings (SSSR count). The van der Waals surface area contributed by atoms with Crippen molar-refractivity contribution in [2.75, 3.05) is 26.2 Å². The smallest absolute Gasteiger partial charge is 0.236 e. The van der Waals surface area contributed by atoms with E-state index >= 15 is 0 Å². The first-order valence-electron chi connectivity index (χ1n) is 7.36. The lowest BCUT2D eigenvalue weighted by molar-refractivity contribution is -0.132. The number of hydrogen-bond donors (Lipinski definition) is 1. The van der Waals surface area contributed by atoms with Crippen molar-refractivity contribution in [2.45, 2.75) is 57.6 Å². The number of aliphatic hydroxyl groups excluding tert-OH is 1. The fraction of sp³-hybridized carbons (Fsp3) is 0.929. The van der Waals surface area contributed by atoms with Crippen molar-refractivity contribution in [3.63, 3.8) is 0 Å². The third-order valence-corrected chi connectivity index (χ3v) is 4.16. The van der Waals surface area contributed by atoms with Gasteiger partial charge in [-0.1, -0.05) is 6.42 Å². The van der Waals surface area contributed by atoms with Gasteiger partial charge in [-0.25, -0.2) is 0 Å². The van der Waals surface area contributed by atoms with E-state index in [1.54, 1.807) is 0 Å². The van der Waals surface area contributed by atoms with E-state index in [4.69, 9.17) is 0 Å². The SMILES string of the molecule is CC(O)CC1CCCCN1CC(=O)N1CCCC1. The average Bonchev–Trinajstić information content (AvgIpc) is 2.84. The molecule has 4 nitrogen and oxygen atoms in total. The van der Waals surface area contributed by atoms with Crippen LogP contribution in [0.15, 0.2) is 0 Å². The molecule has 2 aliphatic rings. The van der Waals surface area contributed by atoms with Gasteiger partial charge in [-0.3, -0.25) is 9.69 Å². The molecule has 1 N–H and O–H groups in total. The van der Waals surface area contributed by atoms with Gasteiger partial charge in [0.25, 0.3) is 0 Å². The number of nitrogens with zero attached hydrogens (tertiary/aromatic N) is 2. The summed E-state index contributed by atoms with van der Waals surface area (Å²) in [4.78, 5) is 16.4. The second-order valence-corrected chi connectivity index (χ2v) is 5.79. The Morgan fingerprint density at radius 2 is 1.89 bits per heavy atom. The number of rotatable bonds is 4. The van der Waals surface area contributed by atoms with Crippen LogP contribution in [0.2, 0.25) is 0 Å². The predicted molar refractivity (Wildman–Crippen MR) is 71.3 cm³/mol. The zero-order chi connectivity index (χ0) is 13.0. The number of hydrogen-bond acceptors (Lipinski definition) is 3. The number of amides is 1. The van der Waals surface area contributed by atoms with Crippen LogP contribution in [-0.4, -0.2) is 59.1 Å². The lowest BCUT2D eigenvalue weighted by atomic mass is 9.97. The molecule has 0 aromatic heterocycles. The van der Waals surface area contributed by atoms with Gasteiger partial charge >= 0.3 is 0 Å². The summed E-state index contributed by atoms with van der Waals surface area (Å²) in [5.74, 6) is 0.282. The lowest BCUT2D eigenvalue weighted by Gasteiger charge is -2.36. The number of carbonyl (C=O) groups excluding carboxylic acids is 1. The highest BCUT2D eigenvalue weighted by Crippen LogP contribution is 2.21. The summed E-state index contributed by atoms with van der Waals surface area (Å²) in [6.45, 7) is 5.28. The zero-order valence-corrected chi connectivity index (χ0v) is 11.5. The molecule has 0 spiro atoms. The number of likely N-dealkylation sites (tertiary alicyclic amines) is 2. The Balaban J connectivity index is 1.86. The number of carbonyl (C=O) groups is 1. The second-order valence-electron chi connectivity index (χ2n) is 5.79. The van der Waals surface area contributed by atoms with Crippen LogP contribution in [0.3, 0.4) is 0 Å². The zero-order valence-electron chi connectivity index (χ0n) is 11.5. The van der Waals surface area contributed by atoms with Gasteiger partial charge in [0, 0.05) is 19.1 Å². The highest BCUT2D eigenvalue weighted by Gasteiger charge is 2.27. The van der Waals surface area contributed by atoms with Gasteiger partial charge in [0.2, 0.25) is 5.91 Å². The van der Waals surface area contributed by atoms with Crippen LogP contribution >= 0.6 is 0 Å². The molecule has 0 saturated carbocycles. The fourth-order valence-electron chi connectivity index (χ4n) is 3.17. The van der Waals surface area contributed by atoms with E-state index in [0.29, 0.717) is 12.6 Å². The minimum atomic E-state index is -0.266. The maximum atomic E-state index is 12.2. The minimum absolute atomic E-state index is 0.266. The molecule has 2 fully saturated rings. The van der Waals surface area contributed by atoms with Gasteiger partial charge in [-0.15, -0.1) is 0 Å². The highest BCUT2D eigenvalue weighted by atomic mass is 16.3. The topological polar surface area (TPSA) is 43.8 Å².